The van der Waals surface area contributed by atoms with Crippen LogP contribution in [0.4, 0.5) is 16.2 Å². The van der Waals surface area contributed by atoms with Crippen molar-refractivity contribution in [1.29, 1.82) is 0 Å². The Labute approximate surface area is 155 Å². The summed E-state index contributed by atoms with van der Waals surface area (Å²) in [5, 5.41) is 7.84. The Morgan fingerprint density at radius 1 is 0.920 bits per heavy atom. The Hall–Kier alpha value is -2.23. The number of hydrogen-bond donors (Lipinski definition) is 2. The fourth-order valence-corrected chi connectivity index (χ4v) is 3.55. The summed E-state index contributed by atoms with van der Waals surface area (Å²) in [5.41, 5.74) is 2.58. The lowest BCUT2D eigenvalue weighted by molar-refractivity contribution is 0.262. The first-order valence-corrected chi connectivity index (χ1v) is 8.82. The van der Waals surface area contributed by atoms with Crippen molar-refractivity contribution in [2.75, 3.05) is 10.6 Å². The first-order chi connectivity index (χ1) is 12.0. The highest BCUT2D eigenvalue weighted by Gasteiger charge is 2.52. The fraction of sp³-hybridized carbons (Fsp3) is 0.150. The number of urea groups is 1. The van der Waals surface area contributed by atoms with E-state index in [0.717, 1.165) is 34.1 Å². The zero-order valence-corrected chi connectivity index (χ0v) is 14.8. The monoisotopic (exact) mass is 370 g/mol. The van der Waals surface area contributed by atoms with Gasteiger partial charge in [0, 0.05) is 17.0 Å². The summed E-state index contributed by atoms with van der Waals surface area (Å²) < 4.78 is -0.638. The minimum Gasteiger partial charge on any atom is -0.308 e. The van der Waals surface area contributed by atoms with Crippen LogP contribution in [0.2, 0.25) is 0 Å². The average molecular weight is 371 g/mol. The van der Waals surface area contributed by atoms with Gasteiger partial charge in [-0.15, -0.1) is 23.2 Å². The van der Waals surface area contributed by atoms with Gasteiger partial charge in [-0.1, -0.05) is 48.5 Å². The lowest BCUT2D eigenvalue weighted by atomic mass is 10.1. The van der Waals surface area contributed by atoms with E-state index in [0.29, 0.717) is 0 Å². The van der Waals surface area contributed by atoms with Crippen LogP contribution in [0.1, 0.15) is 17.9 Å². The lowest BCUT2D eigenvalue weighted by Crippen LogP contribution is -2.19. The molecule has 2 N–H and O–H groups in total. The third-order valence-electron chi connectivity index (χ3n) is 4.43. The summed E-state index contributed by atoms with van der Waals surface area (Å²) in [5.74, 6) is 0.175. The molecule has 0 spiro atoms. The van der Waals surface area contributed by atoms with Gasteiger partial charge < -0.3 is 10.6 Å². The van der Waals surface area contributed by atoms with E-state index in [1.165, 1.54) is 0 Å². The molecule has 0 aliphatic heterocycles. The van der Waals surface area contributed by atoms with Crippen molar-refractivity contribution in [3.63, 3.8) is 0 Å². The van der Waals surface area contributed by atoms with E-state index < -0.39 is 4.33 Å². The van der Waals surface area contributed by atoms with Crippen molar-refractivity contribution in [3.05, 3.63) is 72.3 Å². The van der Waals surface area contributed by atoms with Crippen LogP contribution in [0.15, 0.2) is 66.7 Å². The molecule has 3 nitrogen and oxygen atoms in total. The van der Waals surface area contributed by atoms with Crippen molar-refractivity contribution in [2.45, 2.75) is 16.7 Å². The lowest BCUT2D eigenvalue weighted by Gasteiger charge is -2.10. The van der Waals surface area contributed by atoms with Crippen LogP contribution in [-0.4, -0.2) is 10.4 Å². The maximum Gasteiger partial charge on any atom is 0.323 e. The normalized spacial score (nSPS) is 17.9. The maximum absolute atomic E-state index is 12.3. The number of halogens is 2. The van der Waals surface area contributed by atoms with Crippen molar-refractivity contribution in [1.82, 2.24) is 0 Å². The Bertz CT molecular complexity index is 933. The molecule has 2 amide bonds. The molecule has 0 bridgehead atoms. The second kappa shape index (κ2) is 6.25. The van der Waals surface area contributed by atoms with E-state index in [1.807, 2.05) is 66.7 Å². The van der Waals surface area contributed by atoms with Crippen molar-refractivity contribution >= 4 is 51.4 Å². The molecule has 1 saturated carbocycles. The molecular formula is C20H16Cl2N2O. The van der Waals surface area contributed by atoms with Crippen LogP contribution in [0.3, 0.4) is 0 Å². The molecule has 0 saturated heterocycles. The number of hydrogen-bond acceptors (Lipinski definition) is 1. The van der Waals surface area contributed by atoms with E-state index in [2.05, 4.69) is 10.6 Å². The Morgan fingerprint density at radius 2 is 1.60 bits per heavy atom. The van der Waals surface area contributed by atoms with Gasteiger partial charge in [-0.2, -0.15) is 0 Å². The van der Waals surface area contributed by atoms with Gasteiger partial charge in [0.15, 0.2) is 0 Å². The standard InChI is InChI=1S/C20H16Cl2N2O/c21-20(22)12-17(20)14-8-10-15(11-9-14)23-19(25)24-18-7-3-5-13-4-1-2-6-16(13)18/h1-11,17H,12H2,(H2,23,24,25). The summed E-state index contributed by atoms with van der Waals surface area (Å²) in [6.45, 7) is 0. The smallest absolute Gasteiger partial charge is 0.308 e. The summed E-state index contributed by atoms with van der Waals surface area (Å²) >= 11 is 12.2. The average Bonchev–Trinajstić information content (AvgIpc) is 3.24. The fourth-order valence-electron chi connectivity index (χ4n) is 2.99. The van der Waals surface area contributed by atoms with Gasteiger partial charge in [0.1, 0.15) is 4.33 Å². The van der Waals surface area contributed by atoms with Crippen LogP contribution in [0.5, 0.6) is 0 Å². The molecule has 5 heteroatoms. The molecule has 3 aromatic rings. The molecule has 1 aliphatic carbocycles. The Morgan fingerprint density at radius 3 is 2.32 bits per heavy atom. The quantitative estimate of drug-likeness (QED) is 0.533. The third-order valence-corrected chi connectivity index (χ3v) is 5.27. The van der Waals surface area contributed by atoms with E-state index in [9.17, 15) is 4.79 Å². The summed E-state index contributed by atoms with van der Waals surface area (Å²) in [7, 11) is 0. The number of amides is 2. The molecule has 0 radical (unpaired) electrons. The molecule has 1 unspecified atom stereocenters. The van der Waals surface area contributed by atoms with Gasteiger partial charge in [-0.05, 0) is 35.6 Å². The van der Waals surface area contributed by atoms with E-state index in [1.54, 1.807) is 0 Å². The number of fused-ring (bicyclic) bond motifs is 1. The minimum absolute atomic E-state index is 0.175. The first kappa shape index (κ1) is 16.2. The van der Waals surface area contributed by atoms with Crippen LogP contribution < -0.4 is 10.6 Å². The first-order valence-electron chi connectivity index (χ1n) is 8.06. The Balaban J connectivity index is 1.45. The predicted molar refractivity (Wildman–Crippen MR) is 105 cm³/mol. The zero-order valence-electron chi connectivity index (χ0n) is 13.3. The van der Waals surface area contributed by atoms with Crippen LogP contribution >= 0.6 is 23.2 Å². The number of benzene rings is 3. The number of carbonyl (C=O) groups excluding carboxylic acids is 1. The molecule has 25 heavy (non-hydrogen) atoms. The zero-order chi connectivity index (χ0) is 17.4. The molecule has 0 heterocycles. The molecule has 1 atom stereocenters. The highest BCUT2D eigenvalue weighted by molar-refractivity contribution is 6.51. The van der Waals surface area contributed by atoms with Gasteiger partial charge in [0.2, 0.25) is 0 Å². The number of alkyl halides is 2. The maximum atomic E-state index is 12.3. The molecule has 0 aromatic heterocycles. The molecule has 3 aromatic carbocycles. The van der Waals surface area contributed by atoms with Crippen LogP contribution in [-0.2, 0) is 0 Å². The second-order valence-electron chi connectivity index (χ2n) is 6.25. The molecule has 4 rings (SSSR count). The molecule has 1 fully saturated rings. The van der Waals surface area contributed by atoms with E-state index in [4.69, 9.17) is 23.2 Å². The van der Waals surface area contributed by atoms with Gasteiger partial charge in [0.25, 0.3) is 0 Å². The molecule has 1 aliphatic rings. The van der Waals surface area contributed by atoms with Gasteiger partial charge in [-0.25, -0.2) is 4.79 Å². The minimum atomic E-state index is -0.638. The molecular weight excluding hydrogens is 355 g/mol. The summed E-state index contributed by atoms with van der Waals surface area (Å²) in [6, 6.07) is 21.1. The van der Waals surface area contributed by atoms with Gasteiger partial charge in [-0.3, -0.25) is 0 Å². The van der Waals surface area contributed by atoms with Gasteiger partial charge in [0.05, 0.1) is 5.69 Å². The topological polar surface area (TPSA) is 41.1 Å². The third kappa shape index (κ3) is 3.44. The van der Waals surface area contributed by atoms with E-state index >= 15 is 0 Å². The number of nitrogens with one attached hydrogen (secondary N) is 2. The largest absolute Gasteiger partial charge is 0.323 e. The van der Waals surface area contributed by atoms with Crippen molar-refractivity contribution in [2.24, 2.45) is 0 Å². The SMILES string of the molecule is O=C(Nc1ccc(C2CC2(Cl)Cl)cc1)Nc1cccc2ccccc12. The predicted octanol–water partition coefficient (Wildman–Crippen LogP) is 6.15. The van der Waals surface area contributed by atoms with Crippen LogP contribution in [0, 0.1) is 0 Å². The van der Waals surface area contributed by atoms with Crippen molar-refractivity contribution < 1.29 is 4.79 Å². The highest BCUT2D eigenvalue weighted by Crippen LogP contribution is 2.59. The number of carbonyl (C=O) groups is 1. The summed E-state index contributed by atoms with van der Waals surface area (Å²) in [6.07, 6.45) is 0.768. The van der Waals surface area contributed by atoms with Crippen LogP contribution in [0.25, 0.3) is 10.8 Å². The second-order valence-corrected chi connectivity index (χ2v) is 7.79. The number of anilines is 2. The van der Waals surface area contributed by atoms with Gasteiger partial charge >= 0.3 is 6.03 Å². The van der Waals surface area contributed by atoms with Crippen molar-refractivity contribution in [3.8, 4) is 0 Å². The Kier molecular flexibility index (Phi) is 4.06. The highest BCUT2D eigenvalue weighted by atomic mass is 35.5. The number of rotatable bonds is 3. The summed E-state index contributed by atoms with van der Waals surface area (Å²) in [4.78, 5) is 12.3. The van der Waals surface area contributed by atoms with E-state index in [-0.39, 0.29) is 11.9 Å². The molecule has 126 valence electrons.